The molecule has 0 heterocycles. The van der Waals surface area contributed by atoms with E-state index in [1.54, 1.807) is 25.3 Å². The summed E-state index contributed by atoms with van der Waals surface area (Å²) in [6.45, 7) is 3.03. The van der Waals surface area contributed by atoms with E-state index in [4.69, 9.17) is 9.47 Å². The van der Waals surface area contributed by atoms with Gasteiger partial charge in [0.05, 0.1) is 20.1 Å². The minimum absolute atomic E-state index is 0.378. The number of hydrogen-bond acceptors (Lipinski definition) is 3. The third-order valence-corrected chi connectivity index (χ3v) is 2.65. The van der Waals surface area contributed by atoms with Gasteiger partial charge in [-0.25, -0.2) is 0 Å². The first-order chi connectivity index (χ1) is 9.46. The molecule has 0 saturated carbocycles. The molecule has 0 aromatic heterocycles. The Kier molecular flexibility index (Phi) is 6.64. The predicted octanol–water partition coefficient (Wildman–Crippen LogP) is 3.53. The smallest absolute Gasteiger partial charge is 0.392 e. The van der Waals surface area contributed by atoms with E-state index in [1.165, 1.54) is 0 Å². The average Bonchev–Trinajstić information content (AvgIpc) is 2.39. The average molecular weight is 291 g/mol. The largest absolute Gasteiger partial charge is 0.497 e. The zero-order valence-corrected chi connectivity index (χ0v) is 11.7. The number of rotatable bonds is 8. The maximum absolute atomic E-state index is 12.1. The van der Waals surface area contributed by atoms with Crippen LogP contribution in [0, 0.1) is 0 Å². The van der Waals surface area contributed by atoms with Crippen molar-refractivity contribution in [2.75, 3.05) is 20.3 Å². The van der Waals surface area contributed by atoms with Gasteiger partial charge in [0.25, 0.3) is 0 Å². The van der Waals surface area contributed by atoms with Gasteiger partial charge in [-0.2, -0.15) is 13.2 Å². The van der Waals surface area contributed by atoms with Crippen LogP contribution in [-0.4, -0.2) is 26.4 Å². The summed E-state index contributed by atoms with van der Waals surface area (Å²) in [6.07, 6.45) is -4.18. The summed E-state index contributed by atoms with van der Waals surface area (Å²) in [7, 11) is 1.54. The van der Waals surface area contributed by atoms with Crippen LogP contribution in [0.5, 0.6) is 11.5 Å². The summed E-state index contributed by atoms with van der Waals surface area (Å²) in [5.41, 5.74) is 0.792. The normalized spacial score (nSPS) is 11.4. The third kappa shape index (κ3) is 6.14. The zero-order chi connectivity index (χ0) is 15.0. The summed E-state index contributed by atoms with van der Waals surface area (Å²) in [4.78, 5) is 0. The van der Waals surface area contributed by atoms with Gasteiger partial charge in [-0.1, -0.05) is 6.92 Å². The molecule has 0 atom stereocenters. The van der Waals surface area contributed by atoms with Crippen molar-refractivity contribution >= 4 is 0 Å². The molecule has 0 unspecified atom stereocenters. The van der Waals surface area contributed by atoms with Gasteiger partial charge in [0.15, 0.2) is 0 Å². The Hall–Kier alpha value is -1.43. The van der Waals surface area contributed by atoms with Crippen LogP contribution in [0.3, 0.4) is 0 Å². The minimum atomic E-state index is -4.20. The third-order valence-electron chi connectivity index (χ3n) is 2.65. The number of methoxy groups -OCH3 is 1. The highest BCUT2D eigenvalue weighted by Crippen LogP contribution is 2.26. The Bertz CT molecular complexity index is 408. The van der Waals surface area contributed by atoms with Crippen molar-refractivity contribution in [2.45, 2.75) is 32.5 Å². The molecule has 0 radical (unpaired) electrons. The summed E-state index contributed by atoms with van der Waals surface area (Å²) in [5, 5.41) is 3.19. The quantitative estimate of drug-likeness (QED) is 0.743. The molecule has 0 amide bonds. The molecule has 1 N–H and O–H groups in total. The van der Waals surface area contributed by atoms with E-state index in [1.807, 2.05) is 6.92 Å². The first-order valence-electron chi connectivity index (χ1n) is 6.53. The Morgan fingerprint density at radius 1 is 1.25 bits per heavy atom. The molecule has 0 aliphatic rings. The van der Waals surface area contributed by atoms with Crippen molar-refractivity contribution in [3.8, 4) is 11.5 Å². The molecule has 0 aliphatic carbocycles. The molecule has 0 aliphatic heterocycles. The van der Waals surface area contributed by atoms with Crippen molar-refractivity contribution in [3.63, 3.8) is 0 Å². The summed E-state index contributed by atoms with van der Waals surface area (Å²) >= 11 is 0. The van der Waals surface area contributed by atoms with E-state index >= 15 is 0 Å². The first-order valence-corrected chi connectivity index (χ1v) is 6.53. The van der Waals surface area contributed by atoms with Crippen molar-refractivity contribution in [3.05, 3.63) is 23.8 Å². The second-order valence-electron chi connectivity index (χ2n) is 4.36. The predicted molar refractivity (Wildman–Crippen MR) is 71.2 cm³/mol. The molecule has 0 bridgehead atoms. The lowest BCUT2D eigenvalue weighted by Gasteiger charge is -2.14. The van der Waals surface area contributed by atoms with Gasteiger partial charge < -0.3 is 14.8 Å². The standard InChI is InChI=1S/C14H20F3NO2/c1-3-7-18-10-11-9-12(19-2)4-5-13(11)20-8-6-14(15,16)17/h4-5,9,18H,3,6-8,10H2,1-2H3. The van der Waals surface area contributed by atoms with Crippen molar-refractivity contribution < 1.29 is 22.6 Å². The molecule has 0 fully saturated rings. The van der Waals surface area contributed by atoms with E-state index in [-0.39, 0.29) is 6.61 Å². The van der Waals surface area contributed by atoms with Crippen LogP contribution in [0.4, 0.5) is 13.2 Å². The van der Waals surface area contributed by atoms with Crippen molar-refractivity contribution in [1.29, 1.82) is 0 Å². The van der Waals surface area contributed by atoms with E-state index in [2.05, 4.69) is 5.32 Å². The summed E-state index contributed by atoms with van der Waals surface area (Å²) in [6, 6.07) is 5.08. The molecule has 114 valence electrons. The SMILES string of the molecule is CCCNCc1cc(OC)ccc1OCCC(F)(F)F. The second-order valence-corrected chi connectivity index (χ2v) is 4.36. The molecule has 1 rings (SSSR count). The van der Waals surface area contributed by atoms with E-state index in [9.17, 15) is 13.2 Å². The molecule has 6 heteroatoms. The number of ether oxygens (including phenoxy) is 2. The lowest BCUT2D eigenvalue weighted by atomic mass is 10.2. The maximum Gasteiger partial charge on any atom is 0.392 e. The van der Waals surface area contributed by atoms with Gasteiger partial charge in [-0.05, 0) is 31.2 Å². The summed E-state index contributed by atoms with van der Waals surface area (Å²) in [5.74, 6) is 1.11. The monoisotopic (exact) mass is 291 g/mol. The highest BCUT2D eigenvalue weighted by atomic mass is 19.4. The minimum Gasteiger partial charge on any atom is -0.497 e. The van der Waals surface area contributed by atoms with E-state index in [0.29, 0.717) is 18.0 Å². The van der Waals surface area contributed by atoms with Gasteiger partial charge in [0.1, 0.15) is 11.5 Å². The molecule has 0 saturated heterocycles. The van der Waals surface area contributed by atoms with Crippen LogP contribution < -0.4 is 14.8 Å². The number of halogens is 3. The molecule has 1 aromatic carbocycles. The van der Waals surface area contributed by atoms with Crippen molar-refractivity contribution in [2.24, 2.45) is 0 Å². The van der Waals surface area contributed by atoms with E-state index in [0.717, 1.165) is 18.5 Å². The van der Waals surface area contributed by atoms with Gasteiger partial charge >= 0.3 is 6.18 Å². The topological polar surface area (TPSA) is 30.5 Å². The first kappa shape index (κ1) is 16.6. The van der Waals surface area contributed by atoms with Crippen LogP contribution in [0.25, 0.3) is 0 Å². The Morgan fingerprint density at radius 3 is 2.60 bits per heavy atom. The van der Waals surface area contributed by atoms with Crippen LogP contribution in [0.1, 0.15) is 25.3 Å². The number of nitrogens with one attached hydrogen (secondary N) is 1. The highest BCUT2D eigenvalue weighted by molar-refractivity contribution is 5.40. The van der Waals surface area contributed by atoms with Gasteiger partial charge in [-0.3, -0.25) is 0 Å². The molecular formula is C14H20F3NO2. The van der Waals surface area contributed by atoms with E-state index < -0.39 is 12.6 Å². The Balaban J connectivity index is 2.67. The lowest BCUT2D eigenvalue weighted by Crippen LogP contribution is -2.16. The van der Waals surface area contributed by atoms with Gasteiger partial charge in [0.2, 0.25) is 0 Å². The van der Waals surface area contributed by atoms with Gasteiger partial charge in [0, 0.05) is 12.1 Å². The van der Waals surface area contributed by atoms with Crippen molar-refractivity contribution in [1.82, 2.24) is 5.32 Å². The molecule has 3 nitrogen and oxygen atoms in total. The molecule has 0 spiro atoms. The van der Waals surface area contributed by atoms with Crippen LogP contribution in [0.2, 0.25) is 0 Å². The number of alkyl halides is 3. The number of hydrogen-bond donors (Lipinski definition) is 1. The van der Waals surface area contributed by atoms with Crippen LogP contribution in [-0.2, 0) is 6.54 Å². The fourth-order valence-corrected chi connectivity index (χ4v) is 1.64. The van der Waals surface area contributed by atoms with Crippen LogP contribution >= 0.6 is 0 Å². The highest BCUT2D eigenvalue weighted by Gasteiger charge is 2.27. The number of benzene rings is 1. The lowest BCUT2D eigenvalue weighted by molar-refractivity contribution is -0.139. The Labute approximate surface area is 117 Å². The zero-order valence-electron chi connectivity index (χ0n) is 11.7. The second kappa shape index (κ2) is 7.99. The van der Waals surface area contributed by atoms with Crippen LogP contribution in [0.15, 0.2) is 18.2 Å². The maximum atomic E-state index is 12.1. The summed E-state index contributed by atoms with van der Waals surface area (Å²) < 4.78 is 46.7. The fourth-order valence-electron chi connectivity index (χ4n) is 1.64. The molecular weight excluding hydrogens is 271 g/mol. The fraction of sp³-hybridized carbons (Fsp3) is 0.571. The molecule has 1 aromatic rings. The Morgan fingerprint density at radius 2 is 2.00 bits per heavy atom. The van der Waals surface area contributed by atoms with Gasteiger partial charge in [-0.15, -0.1) is 0 Å². The molecule has 20 heavy (non-hydrogen) atoms.